The highest BCUT2D eigenvalue weighted by Gasteiger charge is 2.36. The molecule has 88 valence electrons. The second-order valence-corrected chi connectivity index (χ2v) is 3.00. The maximum Gasteiger partial charge on any atom is 0.419 e. The van der Waals surface area contributed by atoms with Gasteiger partial charge in [-0.2, -0.15) is 13.2 Å². The first-order valence-corrected chi connectivity index (χ1v) is 4.14. The lowest BCUT2D eigenvalue weighted by Crippen LogP contribution is -2.12. The monoisotopic (exact) mass is 238 g/mol. The van der Waals surface area contributed by atoms with Crippen molar-refractivity contribution in [3.8, 4) is 0 Å². The molecule has 1 nitrogen and oxygen atoms in total. The summed E-state index contributed by atoms with van der Waals surface area (Å²) in [5.41, 5.74) is -2.67. The normalized spacial score (nSPS) is 13.6. The quantitative estimate of drug-likeness (QED) is 0.619. The van der Waals surface area contributed by atoms with Crippen molar-refractivity contribution in [2.45, 2.75) is 12.3 Å². The number of alkyl halides is 3. The summed E-state index contributed by atoms with van der Waals surface area (Å²) >= 11 is 0. The third kappa shape index (κ3) is 2.21. The van der Waals surface area contributed by atoms with E-state index in [4.69, 9.17) is 5.11 Å². The highest BCUT2D eigenvalue weighted by atomic mass is 19.4. The van der Waals surface area contributed by atoms with Crippen LogP contribution in [0.1, 0.15) is 17.2 Å². The van der Waals surface area contributed by atoms with Crippen LogP contribution in [-0.2, 0) is 6.18 Å². The van der Waals surface area contributed by atoms with Crippen LogP contribution >= 0.6 is 0 Å². The number of aliphatic hydroxyl groups excluding tert-OH is 1. The fraction of sp³-hybridized carbons (Fsp3) is 0.200. The van der Waals surface area contributed by atoms with Crippen LogP contribution in [0.25, 0.3) is 0 Å². The molecule has 0 amide bonds. The van der Waals surface area contributed by atoms with Gasteiger partial charge in [0.1, 0.15) is 17.7 Å². The lowest BCUT2D eigenvalue weighted by Gasteiger charge is -2.13. The summed E-state index contributed by atoms with van der Waals surface area (Å²) in [6.45, 7) is 3.05. The molecule has 0 spiro atoms. The second kappa shape index (κ2) is 4.21. The Hall–Kier alpha value is -1.43. The maximum atomic E-state index is 13.3. The number of hydrogen-bond donors (Lipinski definition) is 1. The maximum absolute atomic E-state index is 13.3. The Balaban J connectivity index is 3.44. The molecule has 1 aromatic rings. The second-order valence-electron chi connectivity index (χ2n) is 3.00. The molecular weight excluding hydrogens is 231 g/mol. The van der Waals surface area contributed by atoms with E-state index < -0.39 is 35.0 Å². The predicted molar refractivity (Wildman–Crippen MR) is 46.5 cm³/mol. The van der Waals surface area contributed by atoms with Crippen LogP contribution in [0.4, 0.5) is 22.0 Å². The number of halogens is 5. The summed E-state index contributed by atoms with van der Waals surface area (Å²) in [7, 11) is 0. The third-order valence-electron chi connectivity index (χ3n) is 1.95. The zero-order valence-corrected chi connectivity index (χ0v) is 7.85. The van der Waals surface area contributed by atoms with Gasteiger partial charge in [0.25, 0.3) is 0 Å². The Kier molecular flexibility index (Phi) is 3.32. The molecule has 0 aliphatic heterocycles. The molecule has 16 heavy (non-hydrogen) atoms. The molecule has 0 aliphatic rings. The Morgan fingerprint density at radius 2 is 1.81 bits per heavy atom. The molecule has 1 rings (SSSR count). The van der Waals surface area contributed by atoms with Gasteiger partial charge in [-0.15, -0.1) is 6.58 Å². The van der Waals surface area contributed by atoms with Crippen LogP contribution in [0.5, 0.6) is 0 Å². The summed E-state index contributed by atoms with van der Waals surface area (Å²) in [5, 5.41) is 9.12. The molecule has 1 N–H and O–H groups in total. The molecular formula is C10H7F5O. The largest absolute Gasteiger partial charge is 0.419 e. The van der Waals surface area contributed by atoms with E-state index in [1.165, 1.54) is 0 Å². The molecule has 1 aromatic carbocycles. The van der Waals surface area contributed by atoms with Crippen molar-refractivity contribution in [1.29, 1.82) is 0 Å². The van der Waals surface area contributed by atoms with E-state index in [1.807, 2.05) is 0 Å². The summed E-state index contributed by atoms with van der Waals surface area (Å²) in [5.74, 6) is -3.07. The van der Waals surface area contributed by atoms with Crippen LogP contribution in [0.2, 0.25) is 0 Å². The standard InChI is InChI=1S/C10H7F5O/c1-2-7(16)8-6(11)4-3-5(9(8)12)10(13,14)15/h2-4,7,16H,1H2. The fourth-order valence-electron chi connectivity index (χ4n) is 1.18. The molecule has 1 atom stereocenters. The number of benzene rings is 1. The molecule has 0 saturated carbocycles. The van der Waals surface area contributed by atoms with Gasteiger partial charge in [0.2, 0.25) is 0 Å². The minimum absolute atomic E-state index is 0.282. The molecule has 1 unspecified atom stereocenters. The Bertz CT molecular complexity index is 410. The van der Waals surface area contributed by atoms with Crippen LogP contribution in [0.15, 0.2) is 24.8 Å². The van der Waals surface area contributed by atoms with Gasteiger partial charge in [0.05, 0.1) is 11.1 Å². The highest BCUT2D eigenvalue weighted by Crippen LogP contribution is 2.35. The van der Waals surface area contributed by atoms with Gasteiger partial charge in [-0.1, -0.05) is 6.08 Å². The smallest absolute Gasteiger partial charge is 0.384 e. The highest BCUT2D eigenvalue weighted by molar-refractivity contribution is 5.32. The van der Waals surface area contributed by atoms with E-state index in [0.717, 1.165) is 6.08 Å². The van der Waals surface area contributed by atoms with E-state index in [9.17, 15) is 22.0 Å². The lowest BCUT2D eigenvalue weighted by molar-refractivity contribution is -0.140. The summed E-state index contributed by atoms with van der Waals surface area (Å²) in [6, 6.07) is 0.734. The van der Waals surface area contributed by atoms with E-state index in [2.05, 4.69) is 6.58 Å². The lowest BCUT2D eigenvalue weighted by atomic mass is 10.0. The zero-order chi connectivity index (χ0) is 12.5. The van der Waals surface area contributed by atoms with Gasteiger partial charge in [-0.3, -0.25) is 0 Å². The van der Waals surface area contributed by atoms with Gasteiger partial charge in [-0.05, 0) is 12.1 Å². The van der Waals surface area contributed by atoms with Crippen molar-refractivity contribution in [2.24, 2.45) is 0 Å². The van der Waals surface area contributed by atoms with Crippen molar-refractivity contribution in [1.82, 2.24) is 0 Å². The van der Waals surface area contributed by atoms with Gasteiger partial charge in [0.15, 0.2) is 0 Å². The first kappa shape index (κ1) is 12.6. The van der Waals surface area contributed by atoms with Crippen LogP contribution < -0.4 is 0 Å². The van der Waals surface area contributed by atoms with Crippen molar-refractivity contribution >= 4 is 0 Å². The van der Waals surface area contributed by atoms with Crippen molar-refractivity contribution in [3.05, 3.63) is 47.5 Å². The fourth-order valence-corrected chi connectivity index (χ4v) is 1.18. The average Bonchev–Trinajstić information content (AvgIpc) is 2.15. The predicted octanol–water partition coefficient (Wildman–Crippen LogP) is 3.20. The summed E-state index contributed by atoms with van der Waals surface area (Å²) < 4.78 is 63.1. The molecule has 0 aliphatic carbocycles. The SMILES string of the molecule is C=CC(O)c1c(F)ccc(C(F)(F)F)c1F. The molecule has 0 bridgehead atoms. The molecule has 0 aromatic heterocycles. The first-order valence-electron chi connectivity index (χ1n) is 4.14. The molecule has 6 heteroatoms. The average molecular weight is 238 g/mol. The van der Waals surface area contributed by atoms with Crippen molar-refractivity contribution in [2.75, 3.05) is 0 Å². The van der Waals surface area contributed by atoms with Crippen LogP contribution in [0.3, 0.4) is 0 Å². The number of hydrogen-bond acceptors (Lipinski definition) is 1. The van der Waals surface area contributed by atoms with Crippen LogP contribution in [-0.4, -0.2) is 5.11 Å². The molecule has 0 radical (unpaired) electrons. The molecule has 0 heterocycles. The first-order chi connectivity index (χ1) is 7.29. The van der Waals surface area contributed by atoms with E-state index in [-0.39, 0.29) is 6.07 Å². The summed E-state index contributed by atoms with van der Waals surface area (Å²) in [6.07, 6.45) is -6.02. The number of aliphatic hydroxyl groups is 1. The summed E-state index contributed by atoms with van der Waals surface area (Å²) in [4.78, 5) is 0. The van der Waals surface area contributed by atoms with Crippen LogP contribution in [0, 0.1) is 11.6 Å². The minimum atomic E-state index is -4.94. The van der Waals surface area contributed by atoms with E-state index in [0.29, 0.717) is 6.07 Å². The topological polar surface area (TPSA) is 20.2 Å². The third-order valence-corrected chi connectivity index (χ3v) is 1.95. The van der Waals surface area contributed by atoms with E-state index in [1.54, 1.807) is 0 Å². The van der Waals surface area contributed by atoms with Crippen molar-refractivity contribution < 1.29 is 27.1 Å². The van der Waals surface area contributed by atoms with Gasteiger partial charge in [-0.25, -0.2) is 8.78 Å². The van der Waals surface area contributed by atoms with Gasteiger partial charge < -0.3 is 5.11 Å². The van der Waals surface area contributed by atoms with E-state index >= 15 is 0 Å². The molecule has 0 fully saturated rings. The Morgan fingerprint density at radius 3 is 2.25 bits per heavy atom. The van der Waals surface area contributed by atoms with Crippen molar-refractivity contribution in [3.63, 3.8) is 0 Å². The Labute approximate surface area is 87.8 Å². The van der Waals surface area contributed by atoms with Gasteiger partial charge in [0, 0.05) is 0 Å². The minimum Gasteiger partial charge on any atom is -0.384 e. The van der Waals surface area contributed by atoms with Gasteiger partial charge >= 0.3 is 6.18 Å². The number of rotatable bonds is 2. The molecule has 0 saturated heterocycles. The zero-order valence-electron chi connectivity index (χ0n) is 7.85. The Morgan fingerprint density at radius 1 is 1.25 bits per heavy atom.